The lowest BCUT2D eigenvalue weighted by Gasteiger charge is -2.22. The zero-order valence-electron chi connectivity index (χ0n) is 15.2. The molecular weight excluding hydrogens is 330 g/mol. The fourth-order valence-corrected chi connectivity index (χ4v) is 3.96. The average Bonchev–Trinajstić information content (AvgIpc) is 3.19. The summed E-state index contributed by atoms with van der Waals surface area (Å²) in [6.45, 7) is 0. The Morgan fingerprint density at radius 3 is 2.44 bits per heavy atom. The van der Waals surface area contributed by atoms with E-state index in [1.807, 2.05) is 6.07 Å². The maximum Gasteiger partial charge on any atom is 0.168 e. The predicted octanol–water partition coefficient (Wildman–Crippen LogP) is 5.51. The lowest BCUT2D eigenvalue weighted by Crippen LogP contribution is -2.11. The minimum absolute atomic E-state index is 0.906. The van der Waals surface area contributed by atoms with Crippen LogP contribution in [-0.4, -0.2) is 14.8 Å². The summed E-state index contributed by atoms with van der Waals surface area (Å²) in [5, 5.41) is 9.25. The first-order valence-corrected chi connectivity index (χ1v) is 9.57. The van der Waals surface area contributed by atoms with Crippen LogP contribution in [0.2, 0.25) is 0 Å². The number of hydrogen-bond acceptors (Lipinski definition) is 2. The van der Waals surface area contributed by atoms with Gasteiger partial charge in [-0.1, -0.05) is 78.9 Å². The minimum atomic E-state index is 0.906. The maximum absolute atomic E-state index is 4.63. The van der Waals surface area contributed by atoms with Crippen molar-refractivity contribution >= 4 is 11.3 Å². The van der Waals surface area contributed by atoms with Crippen LogP contribution in [0.5, 0.6) is 0 Å². The van der Waals surface area contributed by atoms with Crippen molar-refractivity contribution in [1.29, 1.82) is 0 Å². The third kappa shape index (κ3) is 2.85. The van der Waals surface area contributed by atoms with Gasteiger partial charge in [0.25, 0.3) is 0 Å². The van der Waals surface area contributed by atoms with Gasteiger partial charge in [0.05, 0.1) is 5.70 Å². The van der Waals surface area contributed by atoms with Crippen molar-refractivity contribution in [1.82, 2.24) is 14.8 Å². The Morgan fingerprint density at radius 1 is 0.778 bits per heavy atom. The first kappa shape index (κ1) is 16.0. The second-order valence-corrected chi connectivity index (χ2v) is 6.99. The van der Waals surface area contributed by atoms with Gasteiger partial charge in [-0.25, -0.2) is 0 Å². The lowest BCUT2D eigenvalue weighted by molar-refractivity contribution is 0.926. The van der Waals surface area contributed by atoms with Crippen LogP contribution >= 0.6 is 0 Å². The van der Waals surface area contributed by atoms with Gasteiger partial charge in [-0.15, -0.1) is 10.2 Å². The van der Waals surface area contributed by atoms with Crippen molar-refractivity contribution < 1.29 is 0 Å². The van der Waals surface area contributed by atoms with Crippen LogP contribution in [0.3, 0.4) is 0 Å². The Bertz CT molecular complexity index is 1070. The topological polar surface area (TPSA) is 30.7 Å². The van der Waals surface area contributed by atoms with Gasteiger partial charge in [-0.2, -0.15) is 0 Å². The molecule has 0 bridgehead atoms. The standard InChI is InChI=1S/C24H21N3/c1-3-11-19(12-4-1)23-25-26-24(20-13-5-2-6-14-20)27(23)22-17-9-15-18-10-7-8-16-21(18)22/h1-5,7-8,10-13,16-17H,6,9,14-15H2. The summed E-state index contributed by atoms with van der Waals surface area (Å²) in [4.78, 5) is 0. The molecule has 0 unspecified atom stereocenters. The summed E-state index contributed by atoms with van der Waals surface area (Å²) in [5.74, 6) is 1.87. The number of hydrogen-bond donors (Lipinski definition) is 0. The molecule has 2 aliphatic rings. The van der Waals surface area contributed by atoms with E-state index < -0.39 is 0 Å². The molecule has 3 nitrogen and oxygen atoms in total. The van der Waals surface area contributed by atoms with Crippen LogP contribution < -0.4 is 0 Å². The Labute approximate surface area is 159 Å². The van der Waals surface area contributed by atoms with Crippen molar-refractivity contribution in [3.63, 3.8) is 0 Å². The number of aromatic nitrogens is 3. The molecule has 0 fully saturated rings. The fourth-order valence-electron chi connectivity index (χ4n) is 3.96. The molecule has 132 valence electrons. The third-order valence-electron chi connectivity index (χ3n) is 5.28. The van der Waals surface area contributed by atoms with E-state index in [1.165, 1.54) is 22.4 Å². The molecule has 3 heteroatoms. The Balaban J connectivity index is 1.74. The van der Waals surface area contributed by atoms with E-state index in [4.69, 9.17) is 0 Å². The first-order chi connectivity index (χ1) is 13.4. The monoisotopic (exact) mass is 351 g/mol. The van der Waals surface area contributed by atoms with Crippen molar-refractivity contribution in [3.05, 3.63) is 95.9 Å². The second kappa shape index (κ2) is 6.84. The largest absolute Gasteiger partial charge is 0.275 e. The van der Waals surface area contributed by atoms with E-state index in [-0.39, 0.29) is 0 Å². The molecule has 2 aromatic carbocycles. The molecule has 0 radical (unpaired) electrons. The van der Waals surface area contributed by atoms with E-state index in [0.717, 1.165) is 42.9 Å². The van der Waals surface area contributed by atoms with Crippen molar-refractivity contribution in [2.24, 2.45) is 0 Å². The molecule has 0 aliphatic heterocycles. The SMILES string of the molecule is C1=CCCC(c2nnc(-c3ccccc3)n2C2=CCCc3ccccc32)=C1. The van der Waals surface area contributed by atoms with E-state index in [1.54, 1.807) is 0 Å². The lowest BCUT2D eigenvalue weighted by atomic mass is 9.94. The quantitative estimate of drug-likeness (QED) is 0.622. The smallest absolute Gasteiger partial charge is 0.168 e. The van der Waals surface area contributed by atoms with Gasteiger partial charge in [0.2, 0.25) is 0 Å². The zero-order valence-corrected chi connectivity index (χ0v) is 15.2. The van der Waals surface area contributed by atoms with Crippen LogP contribution in [0, 0.1) is 0 Å². The highest BCUT2D eigenvalue weighted by Crippen LogP contribution is 2.35. The molecule has 3 aromatic rings. The molecular formula is C24H21N3. The maximum atomic E-state index is 4.63. The van der Waals surface area contributed by atoms with Crippen molar-refractivity contribution in [2.75, 3.05) is 0 Å². The number of allylic oxidation sites excluding steroid dienone is 5. The van der Waals surface area contributed by atoms with Crippen LogP contribution in [0.15, 0.2) is 78.9 Å². The first-order valence-electron chi connectivity index (χ1n) is 9.57. The molecule has 0 saturated carbocycles. The summed E-state index contributed by atoms with van der Waals surface area (Å²) in [7, 11) is 0. The summed E-state index contributed by atoms with van der Waals surface area (Å²) in [6.07, 6.45) is 13.0. The van der Waals surface area contributed by atoms with E-state index in [9.17, 15) is 0 Å². The molecule has 0 N–H and O–H groups in total. The van der Waals surface area contributed by atoms with Gasteiger partial charge in [-0.3, -0.25) is 4.57 Å². The molecule has 0 spiro atoms. The van der Waals surface area contributed by atoms with E-state index >= 15 is 0 Å². The van der Waals surface area contributed by atoms with Gasteiger partial charge in [0, 0.05) is 11.1 Å². The predicted molar refractivity (Wildman–Crippen MR) is 110 cm³/mol. The van der Waals surface area contributed by atoms with E-state index in [0.29, 0.717) is 0 Å². The van der Waals surface area contributed by atoms with Gasteiger partial charge in [0.1, 0.15) is 0 Å². The minimum Gasteiger partial charge on any atom is -0.275 e. The Morgan fingerprint density at radius 2 is 1.59 bits per heavy atom. The Kier molecular flexibility index (Phi) is 4.06. The van der Waals surface area contributed by atoms with E-state index in [2.05, 4.69) is 87.6 Å². The molecule has 0 saturated heterocycles. The molecule has 0 amide bonds. The summed E-state index contributed by atoms with van der Waals surface area (Å²) < 4.78 is 2.26. The van der Waals surface area contributed by atoms with Crippen LogP contribution in [0.1, 0.15) is 36.2 Å². The fraction of sp³-hybridized carbons (Fsp3) is 0.167. The third-order valence-corrected chi connectivity index (χ3v) is 5.28. The summed E-state index contributed by atoms with van der Waals surface area (Å²) in [6, 6.07) is 19.1. The number of aryl methyl sites for hydroxylation is 1. The highest BCUT2D eigenvalue weighted by Gasteiger charge is 2.23. The number of benzene rings is 2. The van der Waals surface area contributed by atoms with Gasteiger partial charge in [-0.05, 0) is 36.8 Å². The molecule has 27 heavy (non-hydrogen) atoms. The van der Waals surface area contributed by atoms with Crippen LogP contribution in [0.25, 0.3) is 22.7 Å². The van der Waals surface area contributed by atoms with Crippen molar-refractivity contribution in [2.45, 2.75) is 25.7 Å². The number of rotatable bonds is 3. The molecule has 5 rings (SSSR count). The number of nitrogens with zero attached hydrogens (tertiary/aromatic N) is 3. The normalized spacial score (nSPS) is 15.9. The van der Waals surface area contributed by atoms with Gasteiger partial charge in [0.15, 0.2) is 11.6 Å². The van der Waals surface area contributed by atoms with Crippen LogP contribution in [-0.2, 0) is 6.42 Å². The zero-order chi connectivity index (χ0) is 18.1. The average molecular weight is 351 g/mol. The van der Waals surface area contributed by atoms with Gasteiger partial charge < -0.3 is 0 Å². The Hall–Kier alpha value is -3.20. The van der Waals surface area contributed by atoms with Gasteiger partial charge >= 0.3 is 0 Å². The summed E-state index contributed by atoms with van der Waals surface area (Å²) >= 11 is 0. The van der Waals surface area contributed by atoms with Crippen molar-refractivity contribution in [3.8, 4) is 11.4 Å². The molecule has 2 aliphatic carbocycles. The second-order valence-electron chi connectivity index (χ2n) is 6.99. The highest BCUT2D eigenvalue weighted by atomic mass is 15.3. The number of fused-ring (bicyclic) bond motifs is 1. The summed E-state index contributed by atoms with van der Waals surface area (Å²) in [5.41, 5.74) is 6.22. The molecule has 1 aromatic heterocycles. The molecule has 1 heterocycles. The van der Waals surface area contributed by atoms with Crippen LogP contribution in [0.4, 0.5) is 0 Å². The highest BCUT2D eigenvalue weighted by molar-refractivity contribution is 5.79. The molecule has 0 atom stereocenters.